The van der Waals surface area contributed by atoms with Crippen molar-refractivity contribution in [1.82, 2.24) is 19.9 Å². The van der Waals surface area contributed by atoms with Gasteiger partial charge in [-0.25, -0.2) is 17.6 Å². The summed E-state index contributed by atoms with van der Waals surface area (Å²) < 4.78 is 115. The van der Waals surface area contributed by atoms with Gasteiger partial charge in [0.05, 0.1) is 50.7 Å². The Balaban J connectivity index is 1.44. The molecule has 2 N–H and O–H groups in total. The number of alkyl halides is 3. The molecule has 3 fully saturated rings. The molecule has 0 radical (unpaired) electrons. The molecule has 2 saturated heterocycles. The molecule has 2 aromatic carbocycles. The maximum Gasteiger partial charge on any atom is 0.318 e. The van der Waals surface area contributed by atoms with Crippen LogP contribution in [0.3, 0.4) is 0 Å². The van der Waals surface area contributed by atoms with E-state index in [0.29, 0.717) is 55.3 Å². The van der Waals surface area contributed by atoms with Crippen molar-refractivity contribution in [1.29, 1.82) is 0 Å². The number of aryl methyl sites for hydroxylation is 1. The third-order valence-electron chi connectivity index (χ3n) is 12.7. The number of nitrogens with two attached hydrogens (primary N) is 1. The number of nitrogens with zero attached hydrogens (tertiary/aromatic N) is 5. The molecular weight excluding hydrogens is 749 g/mol. The number of ether oxygens (including phenoxy) is 2. The minimum atomic E-state index is -2.99. The average molecular weight is 810 g/mol. The molecule has 2 aromatic heterocycles. The van der Waals surface area contributed by atoms with Crippen LogP contribution in [0.15, 0.2) is 30.5 Å². The standard InChI is InChI=1S/C44H56F4N6O2Si/c1-24(2)57(25(3)4,26(5)6)17-13-30-35(45)11-10-28-18-29(49)19-31(36(28)30)38-27(7)39-32(20-50-38)42(54-15-16-55-21-33-37(46)40(33)54)52-43(51-39)56-23-44(8)22-53(9)14-12-34(44)41(47)48/h10-11,18-20,24-26,33-34,37,40-41H,12,14-16,21-23,49H2,1-9H3/t33-,34+,37-,40-,44-/m0/s1/i9D3,23D2. The summed E-state index contributed by atoms with van der Waals surface area (Å²) in [5.74, 6) is 0.990. The van der Waals surface area contributed by atoms with Crippen LogP contribution in [-0.4, -0.2) is 92.9 Å². The molecule has 0 amide bonds. The fourth-order valence-electron chi connectivity index (χ4n) is 9.66. The van der Waals surface area contributed by atoms with Crippen LogP contribution in [-0.2, 0) is 4.74 Å². The number of hydrogen-bond donors (Lipinski definition) is 1. The molecule has 306 valence electrons. The lowest BCUT2D eigenvalue weighted by Gasteiger charge is -2.44. The molecule has 57 heavy (non-hydrogen) atoms. The van der Waals surface area contributed by atoms with Crippen molar-refractivity contribution >= 4 is 41.3 Å². The summed E-state index contributed by atoms with van der Waals surface area (Å²) in [6, 6.07) is 5.33. The fraction of sp³-hybridized carbons (Fsp3) is 0.568. The Kier molecular flexibility index (Phi) is 9.60. The quantitative estimate of drug-likeness (QED) is 0.0776. The van der Waals surface area contributed by atoms with Gasteiger partial charge in [0.1, 0.15) is 25.9 Å². The van der Waals surface area contributed by atoms with Gasteiger partial charge in [0, 0.05) is 62.8 Å². The Labute approximate surface area is 342 Å². The molecule has 13 heteroatoms. The second-order valence-corrected chi connectivity index (χ2v) is 22.8. The van der Waals surface area contributed by atoms with E-state index in [1.54, 1.807) is 30.0 Å². The molecule has 0 bridgehead atoms. The molecular formula is C44H56F4N6O2Si. The second-order valence-electron chi connectivity index (χ2n) is 17.2. The Bertz CT molecular complexity index is 2410. The zero-order valence-corrected chi connectivity index (χ0v) is 34.9. The van der Waals surface area contributed by atoms with Crippen LogP contribution >= 0.6 is 0 Å². The average Bonchev–Trinajstić information content (AvgIpc) is 3.87. The first kappa shape index (κ1) is 35.0. The van der Waals surface area contributed by atoms with Crippen molar-refractivity contribution in [3.05, 3.63) is 47.4 Å². The van der Waals surface area contributed by atoms with Gasteiger partial charge in [0.15, 0.2) is 0 Å². The Hall–Kier alpha value is -3.99. The van der Waals surface area contributed by atoms with Crippen LogP contribution in [0.1, 0.15) is 72.9 Å². The van der Waals surface area contributed by atoms with Crippen LogP contribution in [0.4, 0.5) is 29.1 Å². The predicted octanol–water partition coefficient (Wildman–Crippen LogP) is 9.22. The molecule has 0 unspecified atom stereocenters. The third kappa shape index (κ3) is 7.35. The topological polar surface area (TPSA) is 89.6 Å². The molecule has 1 aliphatic carbocycles. The highest BCUT2D eigenvalue weighted by Crippen LogP contribution is 2.46. The van der Waals surface area contributed by atoms with Crippen molar-refractivity contribution < 1.29 is 33.9 Å². The van der Waals surface area contributed by atoms with E-state index in [1.165, 1.54) is 19.2 Å². The summed E-state index contributed by atoms with van der Waals surface area (Å²) in [7, 11) is -2.32. The van der Waals surface area contributed by atoms with Gasteiger partial charge in [-0.3, -0.25) is 4.98 Å². The van der Waals surface area contributed by atoms with Gasteiger partial charge in [-0.05, 0) is 67.1 Å². The number of benzene rings is 2. The van der Waals surface area contributed by atoms with E-state index in [9.17, 15) is 11.5 Å². The van der Waals surface area contributed by atoms with Gasteiger partial charge in [0.25, 0.3) is 0 Å². The van der Waals surface area contributed by atoms with E-state index in [1.807, 2.05) is 0 Å². The molecule has 7 rings (SSSR count). The first-order valence-electron chi connectivity index (χ1n) is 22.4. The number of piperidine rings is 1. The van der Waals surface area contributed by atoms with Gasteiger partial charge >= 0.3 is 6.01 Å². The van der Waals surface area contributed by atoms with E-state index >= 15 is 8.78 Å². The lowest BCUT2D eigenvalue weighted by atomic mass is 9.73. The van der Waals surface area contributed by atoms with Crippen LogP contribution in [0.25, 0.3) is 32.9 Å². The second kappa shape index (κ2) is 15.6. The maximum absolute atomic E-state index is 16.2. The number of rotatable bonds is 9. The number of halogens is 4. The van der Waals surface area contributed by atoms with Crippen molar-refractivity contribution in [2.24, 2.45) is 17.3 Å². The Morgan fingerprint density at radius 1 is 1.12 bits per heavy atom. The van der Waals surface area contributed by atoms with E-state index in [0.717, 1.165) is 4.90 Å². The lowest BCUT2D eigenvalue weighted by Crippen LogP contribution is -2.51. The van der Waals surface area contributed by atoms with E-state index in [-0.39, 0.29) is 49.6 Å². The van der Waals surface area contributed by atoms with Crippen LogP contribution < -0.4 is 15.4 Å². The molecule has 5 atom stereocenters. The molecule has 0 spiro atoms. The molecule has 4 aromatic rings. The minimum Gasteiger partial charge on any atom is -0.463 e. The zero-order valence-electron chi connectivity index (χ0n) is 38.9. The van der Waals surface area contributed by atoms with Crippen molar-refractivity contribution in [2.45, 2.75) is 97.1 Å². The molecule has 4 heterocycles. The smallest absolute Gasteiger partial charge is 0.318 e. The summed E-state index contributed by atoms with van der Waals surface area (Å²) >= 11 is 0. The first-order valence-corrected chi connectivity index (χ1v) is 22.1. The van der Waals surface area contributed by atoms with E-state index in [2.05, 4.69) is 58.0 Å². The van der Waals surface area contributed by atoms with Crippen LogP contribution in [0.2, 0.25) is 16.6 Å². The summed E-state index contributed by atoms with van der Waals surface area (Å²) in [5.41, 5.74) is 11.1. The Morgan fingerprint density at radius 2 is 1.86 bits per heavy atom. The molecule has 1 saturated carbocycles. The molecule has 2 aliphatic heterocycles. The normalized spacial score (nSPS) is 26.1. The summed E-state index contributed by atoms with van der Waals surface area (Å²) in [4.78, 5) is 17.0. The van der Waals surface area contributed by atoms with Gasteiger partial charge < -0.3 is 25.0 Å². The van der Waals surface area contributed by atoms with Crippen LogP contribution in [0, 0.1) is 41.5 Å². The summed E-state index contributed by atoms with van der Waals surface area (Å²) in [6.45, 7) is 10.4. The van der Waals surface area contributed by atoms with Crippen LogP contribution in [0.5, 0.6) is 6.01 Å². The monoisotopic (exact) mass is 809 g/mol. The minimum absolute atomic E-state index is 0.180. The third-order valence-corrected chi connectivity index (χ3v) is 19.0. The molecule has 3 aliphatic rings. The van der Waals surface area contributed by atoms with Crippen molar-refractivity contribution in [3.63, 3.8) is 0 Å². The SMILES string of the molecule is [2H]C([2H])([2H])N1CC[C@H](C(F)F)[C@](C)(C([2H])([2H])Oc2nc(N3CCOC[C@H]4[C@H](F)[C@H]43)c3cnc(-c4cc(N)cc5ccc(F)c(C#C[Si](C(C)C)(C(C)C)C(C)C)c45)c(C)c3n2)C1. The number of fused-ring (bicyclic) bond motifs is 3. The zero-order chi connectivity index (χ0) is 45.4. The van der Waals surface area contributed by atoms with Gasteiger partial charge in [-0.2, -0.15) is 9.97 Å². The van der Waals surface area contributed by atoms with Gasteiger partial charge in [-0.15, -0.1) is 5.54 Å². The predicted molar refractivity (Wildman–Crippen MR) is 223 cm³/mol. The lowest BCUT2D eigenvalue weighted by molar-refractivity contribution is -0.0679. The van der Waals surface area contributed by atoms with Gasteiger partial charge in [-0.1, -0.05) is 60.5 Å². The number of hydrogen-bond acceptors (Lipinski definition) is 8. The molecule has 8 nitrogen and oxygen atoms in total. The largest absolute Gasteiger partial charge is 0.463 e. The number of pyridine rings is 1. The Morgan fingerprint density at radius 3 is 2.54 bits per heavy atom. The van der Waals surface area contributed by atoms with Gasteiger partial charge in [0.2, 0.25) is 6.43 Å². The highest BCUT2D eigenvalue weighted by atomic mass is 28.3. The number of aromatic nitrogens is 3. The van der Waals surface area contributed by atoms with Crippen molar-refractivity contribution in [2.75, 3.05) is 57.0 Å². The highest BCUT2D eigenvalue weighted by molar-refractivity contribution is 6.90. The van der Waals surface area contributed by atoms with E-state index < -0.39 is 75.9 Å². The van der Waals surface area contributed by atoms with Crippen molar-refractivity contribution in [3.8, 4) is 28.7 Å². The maximum atomic E-state index is 16.2. The summed E-state index contributed by atoms with van der Waals surface area (Å²) in [6.07, 6.45) is -2.99. The first-order chi connectivity index (χ1) is 28.9. The highest BCUT2D eigenvalue weighted by Gasteiger charge is 2.56. The summed E-state index contributed by atoms with van der Waals surface area (Å²) in [5, 5.41) is 1.51. The fourth-order valence-corrected chi connectivity index (χ4v) is 14.9. The number of nitrogen functional groups attached to an aromatic ring is 1. The number of anilines is 2. The van der Waals surface area contributed by atoms with E-state index in [4.69, 9.17) is 29.3 Å². The number of likely N-dealkylation sites (tertiary alicyclic amines) is 1.